The molecule has 778 valence electrons. The zero-order valence-corrected chi connectivity index (χ0v) is 82.3. The molecular weight excluding hydrogens is 1960 g/mol. The fourth-order valence-corrected chi connectivity index (χ4v) is 12.5. The normalized spacial score (nSPS) is 10.7. The molecule has 39 nitrogen and oxygen atoms in total. The van der Waals surface area contributed by atoms with E-state index in [1.807, 2.05) is 0 Å². The van der Waals surface area contributed by atoms with Crippen LogP contribution in [-0.2, 0) is 80.8 Å². The first-order valence-electron chi connectivity index (χ1n) is 45.1. The summed E-state index contributed by atoms with van der Waals surface area (Å²) in [7, 11) is 7.58. The van der Waals surface area contributed by atoms with Gasteiger partial charge in [0, 0.05) is 34.6 Å². The molecule has 0 bridgehead atoms. The van der Waals surface area contributed by atoms with Gasteiger partial charge in [-0.25, -0.2) is 57.5 Å². The molecule has 2 unspecified atom stereocenters. The molecule has 0 aliphatic heterocycles. The van der Waals surface area contributed by atoms with Gasteiger partial charge in [-0.05, 0) is 206 Å². The SMILES string of the molecule is CC(=O)Oc1ccccc1C(=O)OCC(COC(=O)c1ccccc1)OC(=O)c1ccccc1OC(C)=O.CC(=O)Oc1ccccc1C(=O)OCC(COC(=O)c1ccccc1OC(C)=O)OC(=O)c1ccccc1OC(C)=O.COc1ccc(C(=O)OCC(COC(=O)c2ccc(OC)cc2)OC(=O)c2ccc(OC)cc2)cc1.COc1ccc(C(=O)OCC(COC(=O)c2ccccc2)OC(=O)c2ccc(OC)cc2)cc1. The van der Waals surface area contributed by atoms with E-state index in [1.54, 1.807) is 194 Å². The number of para-hydroxylation sites is 5. The van der Waals surface area contributed by atoms with Gasteiger partial charge in [-0.1, -0.05) is 97.1 Å². The molecule has 0 N–H and O–H groups in total. The predicted octanol–water partition coefficient (Wildman–Crippen LogP) is 15.4. The standard InChI is InChI=1S/C30H26O12.C28H24O10.C27H26O9.C26H24O8/c1-18(31)39-25-13-7-4-10-22(25)28(34)37-16-21(42-30(36)24-12-6-9-15-27(24)41-20(3)33)17-38-29(35)23-11-5-8-14-26(23)40-19(2)32;1-18(29)36-24-14-8-6-12-22(24)27(32)35-17-21(16-34-26(31)20-10-4-3-5-11-20)38-28(33)23-13-7-9-15-25(23)37-19(2)30;1-31-21-10-4-18(5-11-21)25(28)34-16-24(36-27(30)20-8-14-23(33-3)15-9-20)17-35-26(29)19-6-12-22(32-2)13-7-19;1-30-21-12-8-19(9-13-21)25(28)33-17-23(16-32-24(27)18-6-4-3-5-7-18)34-26(29)20-10-14-22(31-2)15-11-20/h4-15,21H,16-17H2,1-3H3;3-15,21H,16-17H2,1-2H3;4-15,24H,16-17H2,1-3H3;3-15,23H,16-17H2,1-2H3. The van der Waals surface area contributed by atoms with E-state index in [4.69, 9.17) is 104 Å². The van der Waals surface area contributed by atoms with Gasteiger partial charge in [0.05, 0.1) is 74.5 Å². The third-order valence-corrected chi connectivity index (χ3v) is 19.7. The lowest BCUT2D eigenvalue weighted by molar-refractivity contribution is -0.132. The third kappa shape index (κ3) is 37.7. The van der Waals surface area contributed by atoms with E-state index in [0.29, 0.717) is 39.9 Å². The Morgan fingerprint density at radius 3 is 0.493 bits per heavy atom. The highest BCUT2D eigenvalue weighted by Gasteiger charge is 2.31. The van der Waals surface area contributed by atoms with Crippen LogP contribution in [0.5, 0.6) is 57.5 Å². The van der Waals surface area contributed by atoms with Crippen LogP contribution >= 0.6 is 0 Å². The Morgan fingerprint density at radius 1 is 0.167 bits per heavy atom. The number of esters is 17. The van der Waals surface area contributed by atoms with Gasteiger partial charge in [-0.2, -0.15) is 0 Å². The molecule has 39 heteroatoms. The minimum atomic E-state index is -1.35. The minimum absolute atomic E-state index is 0.00985. The first kappa shape index (κ1) is 114. The Bertz CT molecular complexity index is 6510. The Hall–Kier alpha value is -19.4. The lowest BCUT2D eigenvalue weighted by Gasteiger charge is -2.19. The number of methoxy groups -OCH3 is 5. The number of benzene rings is 12. The van der Waals surface area contributed by atoms with Crippen molar-refractivity contribution in [1.82, 2.24) is 0 Å². The molecule has 2 atom stereocenters. The quantitative estimate of drug-likeness (QED) is 0.0195. The zero-order valence-electron chi connectivity index (χ0n) is 82.3. The zero-order chi connectivity index (χ0) is 108. The molecule has 0 heterocycles. The van der Waals surface area contributed by atoms with Gasteiger partial charge in [0.2, 0.25) is 0 Å². The van der Waals surface area contributed by atoms with E-state index in [0.717, 1.165) is 6.92 Å². The molecule has 0 fully saturated rings. The van der Waals surface area contributed by atoms with Crippen molar-refractivity contribution >= 4 is 101 Å². The topological polar surface area (TPSA) is 493 Å². The monoisotopic (exact) mass is 2060 g/mol. The maximum Gasteiger partial charge on any atom is 0.342 e. The van der Waals surface area contributed by atoms with E-state index in [9.17, 15) is 81.5 Å². The van der Waals surface area contributed by atoms with Crippen molar-refractivity contribution < 1.29 is 186 Å². The van der Waals surface area contributed by atoms with Crippen LogP contribution in [0.3, 0.4) is 0 Å². The van der Waals surface area contributed by atoms with Gasteiger partial charge in [-0.3, -0.25) is 24.0 Å². The lowest BCUT2D eigenvalue weighted by Crippen LogP contribution is -2.31. The molecular formula is C111H100O39. The molecule has 0 aliphatic rings. The Balaban J connectivity index is 0.000000223. The molecule has 0 spiro atoms. The van der Waals surface area contributed by atoms with E-state index in [1.165, 1.54) is 172 Å². The molecule has 12 aromatic carbocycles. The summed E-state index contributed by atoms with van der Waals surface area (Å²) < 4.78 is 115. The summed E-state index contributed by atoms with van der Waals surface area (Å²) in [5.41, 5.74) is 1.63. The second kappa shape index (κ2) is 59.6. The largest absolute Gasteiger partial charge is 0.497 e. The molecule has 0 amide bonds. The number of hydrogen-bond acceptors (Lipinski definition) is 39. The first-order valence-corrected chi connectivity index (χ1v) is 45.1. The van der Waals surface area contributed by atoms with Gasteiger partial charge >= 0.3 is 101 Å². The third-order valence-electron chi connectivity index (χ3n) is 19.7. The highest BCUT2D eigenvalue weighted by molar-refractivity contribution is 5.99. The Morgan fingerprint density at radius 2 is 0.313 bits per heavy atom. The summed E-state index contributed by atoms with van der Waals surface area (Å²) in [4.78, 5) is 209. The number of ether oxygens (including phenoxy) is 22. The maximum atomic E-state index is 13.0. The highest BCUT2D eigenvalue weighted by Crippen LogP contribution is 2.29. The molecule has 12 aromatic rings. The fraction of sp³-hybridized carbons (Fsp3) is 0.198. The highest BCUT2D eigenvalue weighted by atomic mass is 16.6. The Labute approximate surface area is 858 Å². The first-order chi connectivity index (χ1) is 72.2. The van der Waals surface area contributed by atoms with Crippen LogP contribution < -0.4 is 47.4 Å². The van der Waals surface area contributed by atoms with Gasteiger partial charge in [0.1, 0.15) is 138 Å². The number of carbonyl (C=O) groups excluding carboxylic acids is 17. The van der Waals surface area contributed by atoms with Gasteiger partial charge < -0.3 is 104 Å². The van der Waals surface area contributed by atoms with Crippen LogP contribution in [0, 0.1) is 0 Å². The van der Waals surface area contributed by atoms with Crippen molar-refractivity contribution in [1.29, 1.82) is 0 Å². The number of rotatable bonds is 42. The second-order valence-corrected chi connectivity index (χ2v) is 30.7. The van der Waals surface area contributed by atoms with Crippen LogP contribution in [0.25, 0.3) is 0 Å². The van der Waals surface area contributed by atoms with Crippen molar-refractivity contribution in [3.05, 3.63) is 370 Å². The number of hydrogen-bond donors (Lipinski definition) is 0. The summed E-state index contributed by atoms with van der Waals surface area (Å²) in [6.45, 7) is 2.45. The molecule has 12 rings (SSSR count). The van der Waals surface area contributed by atoms with Crippen LogP contribution in [0.15, 0.2) is 303 Å². The summed E-state index contributed by atoms with van der Waals surface area (Å²) in [6.07, 6.45) is -4.66. The minimum Gasteiger partial charge on any atom is -0.497 e. The smallest absolute Gasteiger partial charge is 0.342 e. The average molecular weight is 2060 g/mol. The van der Waals surface area contributed by atoms with Crippen LogP contribution in [0.1, 0.15) is 159 Å². The molecule has 0 saturated heterocycles. The summed E-state index contributed by atoms with van der Waals surface area (Å²) in [5.74, 6) is -9.62. The number of carbonyl (C=O) groups is 17. The van der Waals surface area contributed by atoms with E-state index in [-0.39, 0.29) is 111 Å². The fourth-order valence-electron chi connectivity index (χ4n) is 12.5. The van der Waals surface area contributed by atoms with Crippen molar-refractivity contribution in [3.63, 3.8) is 0 Å². The van der Waals surface area contributed by atoms with E-state index in [2.05, 4.69) is 0 Å². The molecule has 0 aliphatic carbocycles. The predicted molar refractivity (Wildman–Crippen MR) is 526 cm³/mol. The maximum absolute atomic E-state index is 13.0. The molecule has 150 heavy (non-hydrogen) atoms. The Kier molecular flexibility index (Phi) is 45.4. The summed E-state index contributed by atoms with van der Waals surface area (Å²) in [6, 6.07) is 77.4. The lowest BCUT2D eigenvalue weighted by atomic mass is 10.2. The summed E-state index contributed by atoms with van der Waals surface area (Å²) >= 11 is 0. The van der Waals surface area contributed by atoms with E-state index >= 15 is 0 Å². The summed E-state index contributed by atoms with van der Waals surface area (Å²) in [5, 5.41) is 0. The van der Waals surface area contributed by atoms with Crippen LogP contribution in [-0.4, -0.2) is 214 Å². The van der Waals surface area contributed by atoms with Crippen LogP contribution in [0.4, 0.5) is 0 Å². The molecule has 0 radical (unpaired) electrons. The second-order valence-electron chi connectivity index (χ2n) is 30.7. The van der Waals surface area contributed by atoms with Gasteiger partial charge in [-0.15, -0.1) is 0 Å². The van der Waals surface area contributed by atoms with Crippen molar-refractivity contribution in [2.24, 2.45) is 0 Å². The molecule has 0 aromatic heterocycles. The average Bonchev–Trinajstić information content (AvgIpc) is 0.832. The van der Waals surface area contributed by atoms with E-state index < -0.39 is 152 Å². The van der Waals surface area contributed by atoms with Gasteiger partial charge in [0.15, 0.2) is 24.4 Å². The molecule has 0 saturated carbocycles. The van der Waals surface area contributed by atoms with Gasteiger partial charge in [0.25, 0.3) is 0 Å². The van der Waals surface area contributed by atoms with Crippen molar-refractivity contribution in [3.8, 4) is 57.5 Å². The van der Waals surface area contributed by atoms with Crippen molar-refractivity contribution in [2.45, 2.75) is 59.0 Å². The van der Waals surface area contributed by atoms with Crippen molar-refractivity contribution in [2.75, 3.05) is 88.4 Å². The van der Waals surface area contributed by atoms with Crippen LogP contribution in [0.2, 0.25) is 0 Å².